The lowest BCUT2D eigenvalue weighted by molar-refractivity contribution is -0.136. The molecular formula is C45H55ClN10O6S. The van der Waals surface area contributed by atoms with E-state index < -0.39 is 11.9 Å². The number of ether oxygens (including phenoxy) is 1. The van der Waals surface area contributed by atoms with Gasteiger partial charge in [-0.25, -0.2) is 19.6 Å². The molecule has 16 nitrogen and oxygen atoms in total. The van der Waals surface area contributed by atoms with Crippen LogP contribution in [0.25, 0.3) is 11.3 Å². The van der Waals surface area contributed by atoms with Gasteiger partial charge in [-0.1, -0.05) is 54.8 Å². The number of thiophene rings is 1. The fourth-order valence-electron chi connectivity index (χ4n) is 8.74. The highest BCUT2D eigenvalue weighted by Gasteiger charge is 2.40. The number of imide groups is 1. The lowest BCUT2D eigenvalue weighted by Gasteiger charge is -2.36. The summed E-state index contributed by atoms with van der Waals surface area (Å²) >= 11 is 7.95. The number of hydrogen-bond donors (Lipinski definition) is 4. The summed E-state index contributed by atoms with van der Waals surface area (Å²) in [5, 5.41) is 16.7. The van der Waals surface area contributed by atoms with Crippen molar-refractivity contribution in [2.75, 3.05) is 18.4 Å². The van der Waals surface area contributed by atoms with Gasteiger partial charge in [-0.15, -0.1) is 11.3 Å². The number of carbonyl (C=O) groups excluding carboxylic acids is 5. The standard InChI is InChI=1S/C45H55ClN10O6S/c1-54-37(21-28-11-12-28)34(24-50-54)39-35(46)25-48-43(53-39)51-31-13-15-32(16-14-31)55(45(61)62-27-29-9-5-4-6-10-29)20-8-3-2-7-19-47-44(60)49-23-33-22-30-26-56(42(59)40(30)63-33)36-17-18-38(57)52-41(36)58/h4-6,9-10,22,24-25,28,31-32,36H,2-3,7-8,11-21,23,26-27H2,1H3,(H2,47,49,60)(H,48,51,53)(H,52,57,58). The third kappa shape index (κ3) is 11.2. The first kappa shape index (κ1) is 44.1. The second kappa shape index (κ2) is 20.3. The van der Waals surface area contributed by atoms with E-state index in [2.05, 4.69) is 31.3 Å². The Morgan fingerprint density at radius 3 is 2.54 bits per heavy atom. The number of aryl methyl sites for hydroxylation is 1. The smallest absolute Gasteiger partial charge is 0.410 e. The average Bonchev–Trinajstić information content (AvgIpc) is 3.80. The molecule has 334 valence electrons. The predicted octanol–water partition coefficient (Wildman–Crippen LogP) is 6.73. The number of anilines is 1. The van der Waals surface area contributed by atoms with Crippen LogP contribution in [0.1, 0.15) is 108 Å². The Morgan fingerprint density at radius 2 is 1.78 bits per heavy atom. The first-order valence-corrected chi connectivity index (χ1v) is 23.3. The molecule has 2 aliphatic heterocycles. The third-order valence-electron chi connectivity index (χ3n) is 12.4. The Bertz CT molecular complexity index is 2290. The number of nitrogens with zero attached hydrogens (tertiary/aromatic N) is 6. The summed E-state index contributed by atoms with van der Waals surface area (Å²) in [6, 6.07) is 10.9. The van der Waals surface area contributed by atoms with E-state index in [1.807, 2.05) is 59.2 Å². The molecule has 6 amide bonds. The van der Waals surface area contributed by atoms with Crippen molar-refractivity contribution in [1.29, 1.82) is 0 Å². The van der Waals surface area contributed by atoms with Gasteiger partial charge in [0.25, 0.3) is 5.91 Å². The van der Waals surface area contributed by atoms with Crippen LogP contribution in [0, 0.1) is 5.92 Å². The van der Waals surface area contributed by atoms with Gasteiger partial charge >= 0.3 is 12.1 Å². The Hall–Kier alpha value is -5.55. The molecule has 4 aromatic rings. The summed E-state index contributed by atoms with van der Waals surface area (Å²) < 4.78 is 7.76. The fraction of sp³-hybridized carbons (Fsp3) is 0.511. The van der Waals surface area contributed by atoms with E-state index in [4.69, 9.17) is 21.3 Å². The maximum atomic E-state index is 13.6. The maximum Gasteiger partial charge on any atom is 0.410 e. The van der Waals surface area contributed by atoms with E-state index in [0.29, 0.717) is 53.5 Å². The van der Waals surface area contributed by atoms with Gasteiger partial charge in [-0.05, 0) is 87.3 Å². The van der Waals surface area contributed by atoms with Crippen LogP contribution in [-0.4, -0.2) is 90.6 Å². The van der Waals surface area contributed by atoms with E-state index in [9.17, 15) is 24.0 Å². The van der Waals surface area contributed by atoms with Gasteiger partial charge in [0.2, 0.25) is 17.8 Å². The third-order valence-corrected chi connectivity index (χ3v) is 13.9. The summed E-state index contributed by atoms with van der Waals surface area (Å²) in [4.78, 5) is 77.3. The molecule has 4 aliphatic rings. The highest BCUT2D eigenvalue weighted by molar-refractivity contribution is 7.14. The van der Waals surface area contributed by atoms with E-state index in [-0.39, 0.29) is 55.6 Å². The lowest BCUT2D eigenvalue weighted by Crippen LogP contribution is -2.52. The first-order valence-electron chi connectivity index (χ1n) is 22.1. The molecule has 0 bridgehead atoms. The molecule has 1 aromatic carbocycles. The summed E-state index contributed by atoms with van der Waals surface area (Å²) in [6.07, 6.45) is 13.9. The SMILES string of the molecule is Cn1ncc(-c2nc(NC3CCC(N(CCCCCCNC(=O)NCc4cc5c(s4)C(=O)N(C4CCC(=O)NC4=O)C5)C(=O)OCc4ccccc4)CC3)ncc2Cl)c1CC1CC1. The highest BCUT2D eigenvalue weighted by atomic mass is 35.5. The molecule has 0 radical (unpaired) electrons. The Morgan fingerprint density at radius 1 is 0.984 bits per heavy atom. The summed E-state index contributed by atoms with van der Waals surface area (Å²) in [5.74, 6) is 0.265. The number of urea groups is 1. The molecule has 3 fully saturated rings. The Labute approximate surface area is 375 Å². The number of fused-ring (bicyclic) bond motifs is 1. The largest absolute Gasteiger partial charge is 0.445 e. The van der Waals surface area contributed by atoms with E-state index in [1.165, 1.54) is 29.1 Å². The van der Waals surface area contributed by atoms with Crippen molar-refractivity contribution < 1.29 is 28.7 Å². The molecular weight excluding hydrogens is 844 g/mol. The summed E-state index contributed by atoms with van der Waals surface area (Å²) in [5.41, 5.74) is 4.56. The molecule has 2 aliphatic carbocycles. The summed E-state index contributed by atoms with van der Waals surface area (Å²) in [6.45, 7) is 1.90. The van der Waals surface area contributed by atoms with Crippen LogP contribution in [0.15, 0.2) is 48.8 Å². The minimum absolute atomic E-state index is 0.0469. The minimum Gasteiger partial charge on any atom is -0.445 e. The number of nitrogens with one attached hydrogen (secondary N) is 4. The number of unbranched alkanes of at least 4 members (excludes halogenated alkanes) is 3. The first-order chi connectivity index (χ1) is 30.6. The number of rotatable bonds is 18. The normalized spacial score (nSPS) is 19.7. The molecule has 3 aromatic heterocycles. The number of aromatic nitrogens is 4. The van der Waals surface area contributed by atoms with Crippen LogP contribution in [-0.2, 0) is 47.5 Å². The quantitative estimate of drug-likeness (QED) is 0.0615. The maximum absolute atomic E-state index is 13.6. The van der Waals surface area contributed by atoms with E-state index >= 15 is 0 Å². The van der Waals surface area contributed by atoms with Crippen molar-refractivity contribution in [3.8, 4) is 11.3 Å². The van der Waals surface area contributed by atoms with Gasteiger partial charge in [-0.3, -0.25) is 24.4 Å². The number of carbonyl (C=O) groups is 5. The van der Waals surface area contributed by atoms with Gasteiger partial charge in [0.1, 0.15) is 12.6 Å². The van der Waals surface area contributed by atoms with Crippen molar-refractivity contribution >= 4 is 58.7 Å². The Balaban J connectivity index is 0.765. The predicted molar refractivity (Wildman–Crippen MR) is 238 cm³/mol. The summed E-state index contributed by atoms with van der Waals surface area (Å²) in [7, 11) is 1.96. The molecule has 0 spiro atoms. The van der Waals surface area contributed by atoms with E-state index in [1.54, 1.807) is 6.20 Å². The van der Waals surface area contributed by atoms with E-state index in [0.717, 1.165) is 85.0 Å². The molecule has 8 rings (SSSR count). The van der Waals surface area contributed by atoms with Gasteiger partial charge in [0.05, 0.1) is 34.5 Å². The number of halogens is 1. The number of amides is 6. The van der Waals surface area contributed by atoms with Crippen molar-refractivity contribution in [1.82, 2.24) is 45.5 Å². The monoisotopic (exact) mass is 898 g/mol. The van der Waals surface area contributed by atoms with Crippen LogP contribution in [0.2, 0.25) is 5.02 Å². The zero-order valence-electron chi connectivity index (χ0n) is 35.6. The minimum atomic E-state index is -0.646. The second-order valence-corrected chi connectivity index (χ2v) is 18.6. The number of hydrogen-bond acceptors (Lipinski definition) is 11. The molecule has 2 saturated carbocycles. The van der Waals surface area contributed by atoms with Crippen LogP contribution in [0.5, 0.6) is 0 Å². The number of benzene rings is 1. The number of piperidine rings is 1. The van der Waals surface area contributed by atoms with Gasteiger partial charge < -0.3 is 30.5 Å². The fourth-order valence-corrected chi connectivity index (χ4v) is 10.0. The van der Waals surface area contributed by atoms with Crippen molar-refractivity contribution in [3.05, 3.63) is 80.4 Å². The van der Waals surface area contributed by atoms with Gasteiger partial charge in [0, 0.05) is 61.3 Å². The molecule has 63 heavy (non-hydrogen) atoms. The van der Waals surface area contributed by atoms with Crippen molar-refractivity contribution in [2.24, 2.45) is 13.0 Å². The van der Waals surface area contributed by atoms with Gasteiger partial charge in [0.15, 0.2) is 0 Å². The molecule has 1 unspecified atom stereocenters. The zero-order chi connectivity index (χ0) is 43.9. The molecule has 4 N–H and O–H groups in total. The highest BCUT2D eigenvalue weighted by Crippen LogP contribution is 2.37. The van der Waals surface area contributed by atoms with Crippen LogP contribution in [0.4, 0.5) is 15.5 Å². The molecule has 1 saturated heterocycles. The van der Waals surface area contributed by atoms with Crippen LogP contribution < -0.4 is 21.3 Å². The average molecular weight is 900 g/mol. The molecule has 5 heterocycles. The zero-order valence-corrected chi connectivity index (χ0v) is 37.1. The van der Waals surface area contributed by atoms with Gasteiger partial charge in [-0.2, -0.15) is 5.10 Å². The van der Waals surface area contributed by atoms with Crippen molar-refractivity contribution in [2.45, 2.75) is 121 Å². The topological polar surface area (TPSA) is 193 Å². The molecule has 18 heteroatoms. The van der Waals surface area contributed by atoms with Crippen LogP contribution >= 0.6 is 22.9 Å². The van der Waals surface area contributed by atoms with Crippen LogP contribution in [0.3, 0.4) is 0 Å². The lowest BCUT2D eigenvalue weighted by atomic mass is 9.90. The second-order valence-electron chi connectivity index (χ2n) is 17.0. The molecule has 1 atom stereocenters. The van der Waals surface area contributed by atoms with Crippen molar-refractivity contribution in [3.63, 3.8) is 0 Å². The Kier molecular flexibility index (Phi) is 14.2.